The molecule has 0 amide bonds. The van der Waals surface area contributed by atoms with Gasteiger partial charge in [-0.25, -0.2) is 9.97 Å². The minimum atomic E-state index is 0.609. The molecule has 92 valence electrons. The van der Waals surface area contributed by atoms with Crippen molar-refractivity contribution in [1.29, 1.82) is 0 Å². The molecule has 2 heterocycles. The van der Waals surface area contributed by atoms with Crippen LogP contribution in [0.1, 0.15) is 19.8 Å². The molecule has 0 aliphatic rings. The van der Waals surface area contributed by atoms with Crippen LogP contribution in [0, 0.1) is 5.92 Å². The van der Waals surface area contributed by atoms with Crippen LogP contribution in [0.4, 0.5) is 5.82 Å². The van der Waals surface area contributed by atoms with Gasteiger partial charge in [0.25, 0.3) is 0 Å². The molecule has 2 aromatic rings. The van der Waals surface area contributed by atoms with Gasteiger partial charge >= 0.3 is 0 Å². The SMILES string of the molecule is CCC(CCCl)CNc1ncnc2ccsc12. The topological polar surface area (TPSA) is 37.8 Å². The Morgan fingerprint density at radius 1 is 1.47 bits per heavy atom. The van der Waals surface area contributed by atoms with Gasteiger partial charge in [-0.3, -0.25) is 0 Å². The van der Waals surface area contributed by atoms with Crippen LogP contribution in [0.2, 0.25) is 0 Å². The van der Waals surface area contributed by atoms with Crippen molar-refractivity contribution in [1.82, 2.24) is 9.97 Å². The highest BCUT2D eigenvalue weighted by Gasteiger charge is 2.08. The lowest BCUT2D eigenvalue weighted by Crippen LogP contribution is -2.15. The number of anilines is 1. The van der Waals surface area contributed by atoms with Gasteiger partial charge in [-0.2, -0.15) is 0 Å². The van der Waals surface area contributed by atoms with Gasteiger partial charge in [0.15, 0.2) is 0 Å². The van der Waals surface area contributed by atoms with E-state index in [1.165, 1.54) is 0 Å². The number of halogens is 1. The number of rotatable bonds is 6. The van der Waals surface area contributed by atoms with Crippen molar-refractivity contribution in [3.63, 3.8) is 0 Å². The van der Waals surface area contributed by atoms with Gasteiger partial charge < -0.3 is 5.32 Å². The maximum atomic E-state index is 5.78. The van der Waals surface area contributed by atoms with Crippen molar-refractivity contribution in [2.75, 3.05) is 17.7 Å². The minimum Gasteiger partial charge on any atom is -0.369 e. The Bertz CT molecular complexity index is 471. The zero-order valence-corrected chi connectivity index (χ0v) is 11.4. The average molecular weight is 270 g/mol. The third kappa shape index (κ3) is 3.07. The molecule has 2 rings (SSSR count). The molecule has 0 spiro atoms. The van der Waals surface area contributed by atoms with Crippen molar-refractivity contribution in [3.8, 4) is 0 Å². The summed E-state index contributed by atoms with van der Waals surface area (Å²) in [5, 5.41) is 5.45. The normalized spacial score (nSPS) is 12.8. The van der Waals surface area contributed by atoms with Crippen LogP contribution in [0.5, 0.6) is 0 Å². The molecule has 0 fully saturated rings. The Morgan fingerprint density at radius 2 is 2.35 bits per heavy atom. The lowest BCUT2D eigenvalue weighted by atomic mass is 10.0. The minimum absolute atomic E-state index is 0.609. The molecule has 0 aromatic carbocycles. The summed E-state index contributed by atoms with van der Waals surface area (Å²) in [6.07, 6.45) is 3.79. The third-order valence-corrected chi connectivity index (χ3v) is 4.02. The zero-order chi connectivity index (χ0) is 12.1. The number of aromatic nitrogens is 2. The van der Waals surface area contributed by atoms with Crippen LogP contribution in [0.3, 0.4) is 0 Å². The van der Waals surface area contributed by atoms with Gasteiger partial charge in [0.05, 0.1) is 10.2 Å². The third-order valence-electron chi connectivity index (χ3n) is 2.90. The molecule has 0 radical (unpaired) electrons. The number of hydrogen-bond donors (Lipinski definition) is 1. The Balaban J connectivity index is 2.05. The van der Waals surface area contributed by atoms with Gasteiger partial charge in [0.1, 0.15) is 12.1 Å². The van der Waals surface area contributed by atoms with Crippen molar-refractivity contribution >= 4 is 39.0 Å². The van der Waals surface area contributed by atoms with Crippen LogP contribution < -0.4 is 5.32 Å². The van der Waals surface area contributed by atoms with E-state index in [9.17, 15) is 0 Å². The lowest BCUT2D eigenvalue weighted by molar-refractivity contribution is 0.521. The summed E-state index contributed by atoms with van der Waals surface area (Å²) < 4.78 is 1.13. The Hall–Kier alpha value is -0.870. The van der Waals surface area contributed by atoms with Crippen LogP contribution in [0.25, 0.3) is 10.2 Å². The van der Waals surface area contributed by atoms with E-state index in [1.54, 1.807) is 17.7 Å². The number of thiophene rings is 1. The van der Waals surface area contributed by atoms with E-state index >= 15 is 0 Å². The van der Waals surface area contributed by atoms with Crippen LogP contribution in [-0.4, -0.2) is 22.4 Å². The second kappa shape index (κ2) is 6.17. The van der Waals surface area contributed by atoms with E-state index in [1.807, 2.05) is 11.4 Å². The Labute approximate surface area is 110 Å². The highest BCUT2D eigenvalue weighted by atomic mass is 35.5. The summed E-state index contributed by atoms with van der Waals surface area (Å²) in [6, 6.07) is 2.02. The average Bonchev–Trinajstić information content (AvgIpc) is 2.83. The molecule has 1 atom stereocenters. The van der Waals surface area contributed by atoms with Gasteiger partial charge in [-0.05, 0) is 23.8 Å². The quantitative estimate of drug-likeness (QED) is 0.812. The molecule has 3 nitrogen and oxygen atoms in total. The van der Waals surface area contributed by atoms with Crippen molar-refractivity contribution in [2.45, 2.75) is 19.8 Å². The van der Waals surface area contributed by atoms with E-state index < -0.39 is 0 Å². The summed E-state index contributed by atoms with van der Waals surface area (Å²) in [5.74, 6) is 2.27. The number of fused-ring (bicyclic) bond motifs is 1. The first-order valence-electron chi connectivity index (χ1n) is 5.83. The summed E-state index contributed by atoms with van der Waals surface area (Å²) in [6.45, 7) is 3.12. The van der Waals surface area contributed by atoms with Crippen molar-refractivity contribution in [3.05, 3.63) is 17.8 Å². The lowest BCUT2D eigenvalue weighted by Gasteiger charge is -2.14. The van der Waals surface area contributed by atoms with Gasteiger partial charge in [-0.1, -0.05) is 13.3 Å². The smallest absolute Gasteiger partial charge is 0.147 e. The monoisotopic (exact) mass is 269 g/mol. The Kier molecular flexibility index (Phi) is 4.57. The van der Waals surface area contributed by atoms with Crippen LogP contribution >= 0.6 is 22.9 Å². The van der Waals surface area contributed by atoms with E-state index in [0.29, 0.717) is 5.92 Å². The molecule has 0 saturated heterocycles. The molecule has 1 unspecified atom stereocenters. The molecule has 0 saturated carbocycles. The molecular formula is C12H16ClN3S. The first-order valence-corrected chi connectivity index (χ1v) is 7.24. The summed E-state index contributed by atoms with van der Waals surface area (Å²) in [7, 11) is 0. The van der Waals surface area contributed by atoms with E-state index in [2.05, 4.69) is 22.2 Å². The number of alkyl halides is 1. The molecule has 2 aromatic heterocycles. The fourth-order valence-corrected chi connectivity index (χ4v) is 2.88. The zero-order valence-electron chi connectivity index (χ0n) is 9.82. The molecular weight excluding hydrogens is 254 g/mol. The molecule has 0 aliphatic carbocycles. The molecule has 17 heavy (non-hydrogen) atoms. The molecule has 5 heteroatoms. The molecule has 0 aliphatic heterocycles. The largest absolute Gasteiger partial charge is 0.369 e. The van der Waals surface area contributed by atoms with E-state index in [4.69, 9.17) is 11.6 Å². The van der Waals surface area contributed by atoms with Gasteiger partial charge in [-0.15, -0.1) is 22.9 Å². The predicted molar refractivity (Wildman–Crippen MR) is 75.0 cm³/mol. The highest BCUT2D eigenvalue weighted by Crippen LogP contribution is 2.25. The van der Waals surface area contributed by atoms with Crippen LogP contribution in [-0.2, 0) is 0 Å². The van der Waals surface area contributed by atoms with Gasteiger partial charge in [0.2, 0.25) is 0 Å². The standard InChI is InChI=1S/C12H16ClN3S/c1-2-9(3-5-13)7-14-12-11-10(4-6-17-11)15-8-16-12/h4,6,8-9H,2-3,5,7H2,1H3,(H,14,15,16). The molecule has 0 bridgehead atoms. The summed E-state index contributed by atoms with van der Waals surface area (Å²) in [5.41, 5.74) is 1.01. The first-order chi connectivity index (χ1) is 8.35. The molecule has 1 N–H and O–H groups in total. The van der Waals surface area contributed by atoms with E-state index in [-0.39, 0.29) is 0 Å². The van der Waals surface area contributed by atoms with E-state index in [0.717, 1.165) is 41.3 Å². The number of hydrogen-bond acceptors (Lipinski definition) is 4. The van der Waals surface area contributed by atoms with Gasteiger partial charge in [0, 0.05) is 12.4 Å². The fourth-order valence-electron chi connectivity index (χ4n) is 1.76. The summed E-state index contributed by atoms with van der Waals surface area (Å²) in [4.78, 5) is 8.52. The highest BCUT2D eigenvalue weighted by molar-refractivity contribution is 7.17. The fraction of sp³-hybridized carbons (Fsp3) is 0.500. The Morgan fingerprint density at radius 3 is 3.12 bits per heavy atom. The van der Waals surface area contributed by atoms with Crippen molar-refractivity contribution in [2.24, 2.45) is 5.92 Å². The van der Waals surface area contributed by atoms with Crippen LogP contribution in [0.15, 0.2) is 17.8 Å². The second-order valence-electron chi connectivity index (χ2n) is 3.99. The number of nitrogens with zero attached hydrogens (tertiary/aromatic N) is 2. The first kappa shape index (κ1) is 12.6. The maximum absolute atomic E-state index is 5.78. The summed E-state index contributed by atoms with van der Waals surface area (Å²) >= 11 is 7.46. The van der Waals surface area contributed by atoms with Crippen molar-refractivity contribution < 1.29 is 0 Å². The number of nitrogens with one attached hydrogen (secondary N) is 1. The maximum Gasteiger partial charge on any atom is 0.147 e. The predicted octanol–water partition coefficient (Wildman–Crippen LogP) is 3.76. The second-order valence-corrected chi connectivity index (χ2v) is 5.28.